The molecule has 0 unspecified atom stereocenters. The van der Waals surface area contributed by atoms with E-state index >= 15 is 0 Å². The van der Waals surface area contributed by atoms with Gasteiger partial charge >= 0.3 is 0 Å². The molecule has 1 N–H and O–H groups in total. The zero-order valence-electron chi connectivity index (χ0n) is 15.8. The molecule has 1 heterocycles. The van der Waals surface area contributed by atoms with Crippen LogP contribution in [0.4, 0.5) is 20.2 Å². The zero-order chi connectivity index (χ0) is 21.2. The quantitative estimate of drug-likeness (QED) is 0.567. The van der Waals surface area contributed by atoms with Gasteiger partial charge in [-0.1, -0.05) is 6.07 Å². The lowest BCUT2D eigenvalue weighted by Gasteiger charge is -2.33. The number of nitro groups is 1. The van der Waals surface area contributed by atoms with Crippen molar-refractivity contribution in [2.24, 2.45) is 5.92 Å². The highest BCUT2D eigenvalue weighted by Gasteiger charge is 2.27. The fraction of sp³-hybridized carbons (Fsp3) is 0.368. The highest BCUT2D eigenvalue weighted by molar-refractivity contribution is 7.89. The maximum absolute atomic E-state index is 13.4. The first-order valence-corrected chi connectivity index (χ1v) is 10.6. The highest BCUT2D eigenvalue weighted by atomic mass is 32.2. The van der Waals surface area contributed by atoms with E-state index in [0.717, 1.165) is 30.5 Å². The Morgan fingerprint density at radius 2 is 1.83 bits per heavy atom. The largest absolute Gasteiger partial charge is 0.366 e. The van der Waals surface area contributed by atoms with Crippen LogP contribution in [0, 0.1) is 27.7 Å². The molecule has 29 heavy (non-hydrogen) atoms. The molecule has 0 saturated carbocycles. The third kappa shape index (κ3) is 4.70. The Morgan fingerprint density at radius 1 is 1.14 bits per heavy atom. The monoisotopic (exact) mass is 425 g/mol. The van der Waals surface area contributed by atoms with Crippen molar-refractivity contribution in [2.75, 3.05) is 25.0 Å². The molecule has 0 amide bonds. The summed E-state index contributed by atoms with van der Waals surface area (Å²) in [6, 6.07) is 7.75. The van der Waals surface area contributed by atoms with Gasteiger partial charge in [0.05, 0.1) is 9.82 Å². The lowest BCUT2D eigenvalue weighted by Crippen LogP contribution is -2.34. The van der Waals surface area contributed by atoms with Gasteiger partial charge in [-0.2, -0.15) is 0 Å². The Morgan fingerprint density at radius 3 is 2.41 bits per heavy atom. The van der Waals surface area contributed by atoms with Crippen molar-refractivity contribution in [1.29, 1.82) is 0 Å². The van der Waals surface area contributed by atoms with Crippen molar-refractivity contribution in [1.82, 2.24) is 4.72 Å². The summed E-state index contributed by atoms with van der Waals surface area (Å²) in [5.74, 6) is -1.49. The minimum absolute atomic E-state index is 0.163. The first-order valence-electron chi connectivity index (χ1n) is 9.12. The van der Waals surface area contributed by atoms with E-state index in [9.17, 15) is 27.3 Å². The molecule has 0 spiro atoms. The fourth-order valence-electron chi connectivity index (χ4n) is 3.58. The maximum Gasteiger partial charge on any atom is 0.293 e. The van der Waals surface area contributed by atoms with Crippen LogP contribution < -0.4 is 9.62 Å². The number of hydrogen-bond acceptors (Lipinski definition) is 5. The van der Waals surface area contributed by atoms with Crippen LogP contribution >= 0.6 is 0 Å². The summed E-state index contributed by atoms with van der Waals surface area (Å²) in [6.45, 7) is 1.10. The third-order valence-electron chi connectivity index (χ3n) is 5.19. The number of nitrogens with zero attached hydrogens (tertiary/aromatic N) is 2. The molecule has 0 aromatic heterocycles. The highest BCUT2D eigenvalue weighted by Crippen LogP contribution is 2.34. The van der Waals surface area contributed by atoms with Gasteiger partial charge in [-0.15, -0.1) is 0 Å². The SMILES string of the molecule is CNS(=O)(=O)c1ccc(N2CCC(Cc3ccc(F)c(F)c3)CC2)c([N+](=O)[O-])c1. The van der Waals surface area contributed by atoms with E-state index in [1.54, 1.807) is 6.07 Å². The van der Waals surface area contributed by atoms with Crippen LogP contribution in [-0.2, 0) is 16.4 Å². The van der Waals surface area contributed by atoms with Gasteiger partial charge in [0.25, 0.3) is 5.69 Å². The molecular weight excluding hydrogens is 404 g/mol. The van der Waals surface area contributed by atoms with Crippen molar-refractivity contribution >= 4 is 21.4 Å². The first kappa shape index (κ1) is 21.1. The van der Waals surface area contributed by atoms with Gasteiger partial charge in [0.2, 0.25) is 10.0 Å². The van der Waals surface area contributed by atoms with E-state index in [0.29, 0.717) is 25.2 Å². The van der Waals surface area contributed by atoms with Crippen LogP contribution in [0.3, 0.4) is 0 Å². The molecule has 2 aromatic carbocycles. The molecule has 0 bridgehead atoms. The molecular formula is C19H21F2N3O4S. The van der Waals surface area contributed by atoms with Crippen LogP contribution in [0.25, 0.3) is 0 Å². The predicted octanol–water partition coefficient (Wildman–Crippen LogP) is 3.24. The molecule has 0 radical (unpaired) electrons. The van der Waals surface area contributed by atoms with E-state index in [-0.39, 0.29) is 16.5 Å². The lowest BCUT2D eigenvalue weighted by atomic mass is 9.90. The summed E-state index contributed by atoms with van der Waals surface area (Å²) >= 11 is 0. The van der Waals surface area contributed by atoms with Gasteiger partial charge in [-0.25, -0.2) is 21.9 Å². The maximum atomic E-state index is 13.4. The molecule has 0 aliphatic carbocycles. The molecule has 7 nitrogen and oxygen atoms in total. The summed E-state index contributed by atoms with van der Waals surface area (Å²) < 4.78 is 52.5. The molecule has 10 heteroatoms. The average molecular weight is 425 g/mol. The van der Waals surface area contributed by atoms with E-state index in [1.807, 2.05) is 4.90 Å². The number of anilines is 1. The molecule has 3 rings (SSSR count). The number of rotatable bonds is 6. The molecule has 1 fully saturated rings. The second-order valence-electron chi connectivity index (χ2n) is 7.00. The van der Waals surface area contributed by atoms with Gasteiger partial charge in [0.15, 0.2) is 11.6 Å². The Kier molecular flexibility index (Phi) is 6.13. The molecule has 1 saturated heterocycles. The minimum atomic E-state index is -3.78. The van der Waals surface area contributed by atoms with E-state index < -0.39 is 26.6 Å². The molecule has 1 aliphatic heterocycles. The van der Waals surface area contributed by atoms with Crippen molar-refractivity contribution < 1.29 is 22.1 Å². The second-order valence-corrected chi connectivity index (χ2v) is 8.88. The molecule has 156 valence electrons. The predicted molar refractivity (Wildman–Crippen MR) is 104 cm³/mol. The van der Waals surface area contributed by atoms with Crippen LogP contribution in [0.2, 0.25) is 0 Å². The van der Waals surface area contributed by atoms with E-state index in [1.165, 1.54) is 25.2 Å². The summed E-state index contributed by atoms with van der Waals surface area (Å²) in [5, 5.41) is 11.5. The third-order valence-corrected chi connectivity index (χ3v) is 6.60. The van der Waals surface area contributed by atoms with Gasteiger partial charge in [0, 0.05) is 19.2 Å². The van der Waals surface area contributed by atoms with Gasteiger partial charge in [0.1, 0.15) is 5.69 Å². The normalized spacial score (nSPS) is 15.5. The summed E-state index contributed by atoms with van der Waals surface area (Å²) in [4.78, 5) is 12.6. The van der Waals surface area contributed by atoms with Crippen molar-refractivity contribution in [2.45, 2.75) is 24.2 Å². The minimum Gasteiger partial charge on any atom is -0.366 e. The van der Waals surface area contributed by atoms with Crippen LogP contribution in [-0.4, -0.2) is 33.5 Å². The Labute approximate surface area is 167 Å². The second kappa shape index (κ2) is 8.42. The number of nitro benzene ring substituents is 1. The van der Waals surface area contributed by atoms with Gasteiger partial charge in [-0.05, 0) is 62.1 Å². The molecule has 0 atom stereocenters. The number of halogens is 2. The lowest BCUT2D eigenvalue weighted by molar-refractivity contribution is -0.384. The standard InChI is InChI=1S/C19H21F2N3O4S/c1-22-29(27,28)15-3-5-18(19(12-15)24(25)26)23-8-6-13(7-9-23)10-14-2-4-16(20)17(21)11-14/h2-5,11-13,22H,6-10H2,1H3. The van der Waals surface area contributed by atoms with Crippen LogP contribution in [0.5, 0.6) is 0 Å². The summed E-state index contributed by atoms with van der Waals surface area (Å²) in [6.07, 6.45) is 2.06. The number of piperidine rings is 1. The van der Waals surface area contributed by atoms with Gasteiger partial charge < -0.3 is 4.90 Å². The number of benzene rings is 2. The van der Waals surface area contributed by atoms with Gasteiger partial charge in [-0.3, -0.25) is 10.1 Å². The Hall–Kier alpha value is -2.59. The van der Waals surface area contributed by atoms with Crippen molar-refractivity contribution in [3.63, 3.8) is 0 Å². The summed E-state index contributed by atoms with van der Waals surface area (Å²) in [7, 11) is -2.54. The number of nitrogens with one attached hydrogen (secondary N) is 1. The van der Waals surface area contributed by atoms with Crippen molar-refractivity contribution in [3.05, 3.63) is 63.7 Å². The van der Waals surface area contributed by atoms with Crippen LogP contribution in [0.15, 0.2) is 41.3 Å². The Bertz CT molecular complexity index is 1020. The Balaban J connectivity index is 1.73. The van der Waals surface area contributed by atoms with E-state index in [4.69, 9.17) is 0 Å². The summed E-state index contributed by atoms with van der Waals surface area (Å²) in [5.41, 5.74) is 0.826. The number of hydrogen-bond donors (Lipinski definition) is 1. The van der Waals surface area contributed by atoms with E-state index in [2.05, 4.69) is 4.72 Å². The average Bonchev–Trinajstić information content (AvgIpc) is 2.71. The fourth-order valence-corrected chi connectivity index (χ4v) is 4.33. The van der Waals surface area contributed by atoms with Crippen LogP contribution in [0.1, 0.15) is 18.4 Å². The smallest absolute Gasteiger partial charge is 0.293 e. The topological polar surface area (TPSA) is 92.6 Å². The first-order chi connectivity index (χ1) is 13.7. The number of sulfonamides is 1. The van der Waals surface area contributed by atoms with Crippen molar-refractivity contribution in [3.8, 4) is 0 Å². The molecule has 2 aromatic rings. The zero-order valence-corrected chi connectivity index (χ0v) is 16.6. The molecule has 1 aliphatic rings.